The maximum atomic E-state index is 13.3. The molecule has 3 aromatic rings. The topological polar surface area (TPSA) is 87.7 Å². The summed E-state index contributed by atoms with van der Waals surface area (Å²) in [5, 5.41) is 3.81. The second-order valence-electron chi connectivity index (χ2n) is 10.3. The lowest BCUT2D eigenvalue weighted by Gasteiger charge is -2.30. The Bertz CT molecular complexity index is 1400. The molecule has 0 radical (unpaired) electrons. The van der Waals surface area contributed by atoms with E-state index >= 15 is 0 Å². The van der Waals surface area contributed by atoms with Crippen molar-refractivity contribution in [2.24, 2.45) is 0 Å². The van der Waals surface area contributed by atoms with Gasteiger partial charge in [-0.25, -0.2) is 9.97 Å². The molecule has 2 aromatic carbocycles. The smallest absolute Gasteiger partial charge is 0.254 e. The second kappa shape index (κ2) is 10.3. The van der Waals surface area contributed by atoms with E-state index in [0.717, 1.165) is 30.4 Å². The van der Waals surface area contributed by atoms with Crippen molar-refractivity contribution in [3.63, 3.8) is 0 Å². The third kappa shape index (κ3) is 4.98. The van der Waals surface area contributed by atoms with Crippen molar-refractivity contribution in [3.8, 4) is 11.3 Å². The van der Waals surface area contributed by atoms with E-state index in [4.69, 9.17) is 16.3 Å². The van der Waals surface area contributed by atoms with E-state index in [1.165, 1.54) is 11.1 Å². The van der Waals surface area contributed by atoms with Crippen molar-refractivity contribution in [2.75, 3.05) is 25.0 Å². The lowest BCUT2D eigenvalue weighted by Crippen LogP contribution is -2.42. The molecule has 0 spiro atoms. The van der Waals surface area contributed by atoms with Gasteiger partial charge in [0.05, 0.1) is 23.0 Å². The first-order valence-electron chi connectivity index (χ1n) is 13.1. The number of rotatable bonds is 5. The summed E-state index contributed by atoms with van der Waals surface area (Å²) >= 11 is 6.49. The molecule has 4 heterocycles. The van der Waals surface area contributed by atoms with Gasteiger partial charge < -0.3 is 19.9 Å². The molecular weight excluding hydrogens is 502 g/mol. The molecule has 9 heteroatoms. The summed E-state index contributed by atoms with van der Waals surface area (Å²) in [4.78, 5) is 38.9. The monoisotopic (exact) mass is 531 g/mol. The van der Waals surface area contributed by atoms with E-state index in [1.807, 2.05) is 35.2 Å². The molecule has 2 unspecified atom stereocenters. The maximum absolute atomic E-state index is 13.3. The van der Waals surface area contributed by atoms with Gasteiger partial charge in [-0.3, -0.25) is 9.59 Å². The van der Waals surface area contributed by atoms with Crippen LogP contribution < -0.4 is 5.32 Å². The number of nitrogens with one attached hydrogen (secondary N) is 1. The average Bonchev–Trinajstić information content (AvgIpc) is 3.23. The molecule has 2 amide bonds. The Hall–Kier alpha value is -3.49. The zero-order valence-electron chi connectivity index (χ0n) is 21.3. The fraction of sp³-hybridized carbons (Fsp3) is 0.379. The molecule has 38 heavy (non-hydrogen) atoms. The van der Waals surface area contributed by atoms with Crippen LogP contribution >= 0.6 is 11.6 Å². The van der Waals surface area contributed by atoms with Gasteiger partial charge in [-0.05, 0) is 48.9 Å². The van der Waals surface area contributed by atoms with Crippen molar-refractivity contribution >= 4 is 29.4 Å². The molecule has 1 aromatic heterocycles. The number of halogens is 1. The van der Waals surface area contributed by atoms with E-state index < -0.39 is 0 Å². The minimum Gasteiger partial charge on any atom is -0.378 e. The standard InChI is InChI=1S/C29H30ClN5O3/c1-18-12-23(9-11-38-18)32-29-31-14-25(30)27(33-29)20-6-7-22-16-35(28(37)24(22)13-20)17-26(36)34-10-8-19-4-2-3-5-21(19)15-34/h2-7,13-14,18,23H,8-12,15-17H2,1H3,(H,31,32,33). The SMILES string of the molecule is CC1CC(Nc2ncc(Cl)c(-c3ccc4c(c3)C(=O)N(CC(=O)N3CCc5ccccc5C3)C4)n2)CCO1. The van der Waals surface area contributed by atoms with Crippen molar-refractivity contribution < 1.29 is 14.3 Å². The average molecular weight is 532 g/mol. The van der Waals surface area contributed by atoms with E-state index in [1.54, 1.807) is 11.1 Å². The molecule has 1 saturated heterocycles. The van der Waals surface area contributed by atoms with Crippen molar-refractivity contribution in [2.45, 2.75) is 51.4 Å². The summed E-state index contributed by atoms with van der Waals surface area (Å²) < 4.78 is 5.63. The van der Waals surface area contributed by atoms with E-state index in [-0.39, 0.29) is 30.5 Å². The fourth-order valence-corrected chi connectivity index (χ4v) is 5.76. The van der Waals surface area contributed by atoms with Gasteiger partial charge in [-0.1, -0.05) is 48.0 Å². The number of fused-ring (bicyclic) bond motifs is 2. The van der Waals surface area contributed by atoms with Gasteiger partial charge >= 0.3 is 0 Å². The minimum atomic E-state index is -0.146. The summed E-state index contributed by atoms with van der Waals surface area (Å²) in [6.45, 7) is 4.50. The van der Waals surface area contributed by atoms with Crippen LogP contribution in [0, 0.1) is 0 Å². The van der Waals surface area contributed by atoms with Gasteiger partial charge in [-0.15, -0.1) is 0 Å². The van der Waals surface area contributed by atoms with Crippen molar-refractivity contribution in [1.82, 2.24) is 19.8 Å². The summed E-state index contributed by atoms with van der Waals surface area (Å²) in [5.74, 6) is 0.329. The molecular formula is C29H30ClN5O3. The number of ether oxygens (including phenoxy) is 1. The van der Waals surface area contributed by atoms with Crippen molar-refractivity contribution in [1.29, 1.82) is 0 Å². The predicted molar refractivity (Wildman–Crippen MR) is 145 cm³/mol. The van der Waals surface area contributed by atoms with E-state index in [9.17, 15) is 9.59 Å². The first kappa shape index (κ1) is 24.8. The number of carbonyl (C=O) groups is 2. The predicted octanol–water partition coefficient (Wildman–Crippen LogP) is 4.32. The number of aromatic nitrogens is 2. The third-order valence-corrected chi connectivity index (χ3v) is 7.91. The molecule has 3 aliphatic rings. The molecule has 2 atom stereocenters. The third-order valence-electron chi connectivity index (χ3n) is 7.63. The normalized spacial score (nSPS) is 20.7. The number of amides is 2. The Morgan fingerprint density at radius 1 is 1.16 bits per heavy atom. The van der Waals surface area contributed by atoms with Gasteiger partial charge in [-0.2, -0.15) is 0 Å². The number of nitrogens with zero attached hydrogens (tertiary/aromatic N) is 4. The summed E-state index contributed by atoms with van der Waals surface area (Å²) in [5.41, 5.74) is 5.26. The Balaban J connectivity index is 1.16. The van der Waals surface area contributed by atoms with Crippen LogP contribution in [0.5, 0.6) is 0 Å². The van der Waals surface area contributed by atoms with Crippen LogP contribution in [0.3, 0.4) is 0 Å². The number of benzene rings is 2. The highest BCUT2D eigenvalue weighted by molar-refractivity contribution is 6.33. The molecule has 196 valence electrons. The number of carbonyl (C=O) groups excluding carboxylic acids is 2. The van der Waals surface area contributed by atoms with Gasteiger partial charge in [0.15, 0.2) is 0 Å². The first-order valence-corrected chi connectivity index (χ1v) is 13.5. The van der Waals surface area contributed by atoms with Gasteiger partial charge in [0.2, 0.25) is 11.9 Å². The fourth-order valence-electron chi connectivity index (χ4n) is 5.56. The molecule has 0 aliphatic carbocycles. The first-order chi connectivity index (χ1) is 18.4. The Morgan fingerprint density at radius 2 is 2.00 bits per heavy atom. The van der Waals surface area contributed by atoms with Crippen molar-refractivity contribution in [3.05, 3.63) is 75.9 Å². The van der Waals surface area contributed by atoms with Gasteiger partial charge in [0.1, 0.15) is 6.54 Å². The van der Waals surface area contributed by atoms with Crippen LogP contribution in [0.15, 0.2) is 48.7 Å². The van der Waals surface area contributed by atoms with Gasteiger partial charge in [0.25, 0.3) is 5.91 Å². The van der Waals surface area contributed by atoms with Crippen LogP contribution in [0.2, 0.25) is 5.02 Å². The number of anilines is 1. The largest absolute Gasteiger partial charge is 0.378 e. The second-order valence-corrected chi connectivity index (χ2v) is 10.7. The summed E-state index contributed by atoms with van der Waals surface area (Å²) in [7, 11) is 0. The quantitative estimate of drug-likeness (QED) is 0.527. The summed E-state index contributed by atoms with van der Waals surface area (Å²) in [6.07, 6.45) is 4.39. The molecule has 1 N–H and O–H groups in total. The number of hydrogen-bond donors (Lipinski definition) is 1. The molecule has 0 saturated carbocycles. The zero-order chi connectivity index (χ0) is 26.2. The van der Waals surface area contributed by atoms with Crippen LogP contribution in [0.1, 0.15) is 46.8 Å². The highest BCUT2D eigenvalue weighted by atomic mass is 35.5. The highest BCUT2D eigenvalue weighted by Crippen LogP contribution is 2.32. The van der Waals surface area contributed by atoms with Crippen LogP contribution in [0.4, 0.5) is 5.95 Å². The van der Waals surface area contributed by atoms with Crippen LogP contribution in [-0.4, -0.2) is 63.4 Å². The van der Waals surface area contributed by atoms with E-state index in [2.05, 4.69) is 34.3 Å². The Kier molecular flexibility index (Phi) is 6.76. The molecule has 0 bridgehead atoms. The van der Waals surface area contributed by atoms with Gasteiger partial charge in [0, 0.05) is 43.4 Å². The highest BCUT2D eigenvalue weighted by Gasteiger charge is 2.31. The number of hydrogen-bond acceptors (Lipinski definition) is 6. The van der Waals surface area contributed by atoms with Crippen LogP contribution in [0.25, 0.3) is 11.3 Å². The Labute approximate surface area is 227 Å². The Morgan fingerprint density at radius 3 is 2.84 bits per heavy atom. The van der Waals surface area contributed by atoms with Crippen LogP contribution in [-0.2, 0) is 29.0 Å². The maximum Gasteiger partial charge on any atom is 0.254 e. The minimum absolute atomic E-state index is 0.0297. The lowest BCUT2D eigenvalue weighted by atomic mass is 10.00. The summed E-state index contributed by atoms with van der Waals surface area (Å²) in [6, 6.07) is 14.1. The lowest BCUT2D eigenvalue weighted by molar-refractivity contribution is -0.132. The molecule has 8 nitrogen and oxygen atoms in total. The molecule has 1 fully saturated rings. The molecule has 3 aliphatic heterocycles. The van der Waals surface area contributed by atoms with E-state index in [0.29, 0.717) is 48.5 Å². The molecule has 6 rings (SSSR count). The zero-order valence-corrected chi connectivity index (χ0v) is 22.1.